The predicted octanol–water partition coefficient (Wildman–Crippen LogP) is 3.47. The third-order valence-corrected chi connectivity index (χ3v) is 4.75. The lowest BCUT2D eigenvalue weighted by Crippen LogP contribution is -2.31. The summed E-state index contributed by atoms with van der Waals surface area (Å²) < 4.78 is 5.75. The second kappa shape index (κ2) is 13.4. The molecule has 1 fully saturated rings. The van der Waals surface area contributed by atoms with E-state index >= 15 is 0 Å². The van der Waals surface area contributed by atoms with Crippen LogP contribution in [-0.2, 0) is 9.59 Å². The molecule has 1 aromatic heterocycles. The Morgan fingerprint density at radius 3 is 2.25 bits per heavy atom. The Kier molecular flexibility index (Phi) is 10.6. The Morgan fingerprint density at radius 2 is 1.66 bits per heavy atom. The van der Waals surface area contributed by atoms with Gasteiger partial charge in [0.15, 0.2) is 5.82 Å². The molecule has 0 spiro atoms. The van der Waals surface area contributed by atoms with Gasteiger partial charge in [0, 0.05) is 29.3 Å². The van der Waals surface area contributed by atoms with E-state index in [2.05, 4.69) is 19.9 Å². The van der Waals surface area contributed by atoms with E-state index in [4.69, 9.17) is 26.6 Å². The molecule has 0 atom stereocenters. The number of hydrogen-bond acceptors (Lipinski definition) is 7. The van der Waals surface area contributed by atoms with Gasteiger partial charge in [0.2, 0.25) is 0 Å². The largest absolute Gasteiger partial charge is 0.478 e. The number of aliphatic carboxylic acids is 2. The number of aryl methyl sites for hydroxylation is 1. The summed E-state index contributed by atoms with van der Waals surface area (Å²) in [6.07, 6.45) is 6.10. The highest BCUT2D eigenvalue weighted by Gasteiger charge is 2.10. The topological polar surface area (TPSA) is 126 Å². The third-order valence-electron chi connectivity index (χ3n) is 4.50. The lowest BCUT2D eigenvalue weighted by Gasteiger charge is -2.26. The molecule has 2 aromatic rings. The van der Waals surface area contributed by atoms with Crippen LogP contribution < -0.4 is 4.74 Å². The molecule has 3 rings (SSSR count). The second-order valence-corrected chi connectivity index (χ2v) is 7.55. The lowest BCUT2D eigenvalue weighted by atomic mass is 10.1. The highest BCUT2D eigenvalue weighted by molar-refractivity contribution is 6.30. The van der Waals surface area contributed by atoms with Crippen LogP contribution in [0.15, 0.2) is 36.4 Å². The lowest BCUT2D eigenvalue weighted by molar-refractivity contribution is -0.134. The number of rotatable bonds is 8. The highest BCUT2D eigenvalue weighted by Crippen LogP contribution is 2.19. The normalized spacial score (nSPS) is 13.9. The molecular formula is C22H27ClN4O5. The summed E-state index contributed by atoms with van der Waals surface area (Å²) in [5.41, 5.74) is 0.906. The van der Waals surface area contributed by atoms with Gasteiger partial charge in [0.05, 0.1) is 6.61 Å². The summed E-state index contributed by atoms with van der Waals surface area (Å²) in [4.78, 5) is 34.7. The van der Waals surface area contributed by atoms with Crippen molar-refractivity contribution in [3.63, 3.8) is 0 Å². The molecule has 1 aliphatic rings. The molecule has 1 aliphatic heterocycles. The van der Waals surface area contributed by atoms with Crippen LogP contribution in [0.1, 0.15) is 31.5 Å². The van der Waals surface area contributed by atoms with Crippen LogP contribution in [0.5, 0.6) is 6.01 Å². The van der Waals surface area contributed by atoms with Gasteiger partial charge < -0.3 is 19.8 Å². The van der Waals surface area contributed by atoms with E-state index in [1.54, 1.807) is 0 Å². The van der Waals surface area contributed by atoms with Crippen LogP contribution >= 0.6 is 11.6 Å². The van der Waals surface area contributed by atoms with Gasteiger partial charge in [-0.2, -0.15) is 9.97 Å². The zero-order valence-electron chi connectivity index (χ0n) is 17.9. The summed E-state index contributed by atoms with van der Waals surface area (Å²) in [5, 5.41) is 16.3. The first-order chi connectivity index (χ1) is 15.3. The Bertz CT molecular complexity index is 899. The van der Waals surface area contributed by atoms with E-state index < -0.39 is 11.9 Å². The van der Waals surface area contributed by atoms with Gasteiger partial charge in [-0.3, -0.25) is 0 Å². The van der Waals surface area contributed by atoms with Crippen LogP contribution in [0.25, 0.3) is 11.4 Å². The summed E-state index contributed by atoms with van der Waals surface area (Å²) in [6, 6.07) is 7.85. The number of piperidine rings is 1. The number of likely N-dealkylation sites (tertiary alicyclic amines) is 1. The molecule has 1 saturated heterocycles. The fourth-order valence-corrected chi connectivity index (χ4v) is 3.15. The Labute approximate surface area is 191 Å². The minimum Gasteiger partial charge on any atom is -0.478 e. The van der Waals surface area contributed by atoms with Crippen LogP contribution in [-0.4, -0.2) is 68.2 Å². The molecule has 0 radical (unpaired) electrons. The molecule has 32 heavy (non-hydrogen) atoms. The molecule has 10 heteroatoms. The Balaban J connectivity index is 0.000000390. The average molecular weight is 463 g/mol. The predicted molar refractivity (Wildman–Crippen MR) is 120 cm³/mol. The number of nitrogens with zero attached hydrogens (tertiary/aromatic N) is 4. The van der Waals surface area contributed by atoms with Crippen molar-refractivity contribution in [3.8, 4) is 17.4 Å². The van der Waals surface area contributed by atoms with Crippen molar-refractivity contribution in [2.24, 2.45) is 0 Å². The highest BCUT2D eigenvalue weighted by atomic mass is 35.5. The molecule has 2 N–H and O–H groups in total. The van der Waals surface area contributed by atoms with Crippen molar-refractivity contribution in [1.29, 1.82) is 0 Å². The maximum atomic E-state index is 9.55. The van der Waals surface area contributed by atoms with E-state index in [0.29, 0.717) is 41.4 Å². The molecule has 0 unspecified atom stereocenters. The van der Waals surface area contributed by atoms with Crippen molar-refractivity contribution in [2.75, 3.05) is 26.2 Å². The molecule has 1 aromatic carbocycles. The first-order valence-electron chi connectivity index (χ1n) is 10.3. The third kappa shape index (κ3) is 9.84. The number of hydrogen-bond donors (Lipinski definition) is 2. The number of carbonyl (C=O) groups is 2. The molecule has 2 heterocycles. The summed E-state index contributed by atoms with van der Waals surface area (Å²) >= 11 is 5.93. The van der Waals surface area contributed by atoms with Gasteiger partial charge in [-0.1, -0.05) is 18.0 Å². The van der Waals surface area contributed by atoms with Gasteiger partial charge >= 0.3 is 17.9 Å². The molecule has 0 saturated carbocycles. The molecular weight excluding hydrogens is 436 g/mol. The first-order valence-corrected chi connectivity index (χ1v) is 10.7. The molecule has 0 aliphatic carbocycles. The minimum atomic E-state index is -1.26. The number of carboxylic acids is 2. The maximum absolute atomic E-state index is 9.55. The van der Waals surface area contributed by atoms with Crippen molar-refractivity contribution in [3.05, 3.63) is 47.3 Å². The van der Waals surface area contributed by atoms with Gasteiger partial charge in [0.25, 0.3) is 0 Å². The average Bonchev–Trinajstić information content (AvgIpc) is 2.77. The molecule has 172 valence electrons. The summed E-state index contributed by atoms with van der Waals surface area (Å²) in [7, 11) is 0. The second-order valence-electron chi connectivity index (χ2n) is 7.11. The number of benzene rings is 1. The zero-order valence-corrected chi connectivity index (χ0v) is 18.7. The van der Waals surface area contributed by atoms with E-state index in [-0.39, 0.29) is 0 Å². The van der Waals surface area contributed by atoms with Crippen LogP contribution in [0.3, 0.4) is 0 Å². The van der Waals surface area contributed by atoms with Crippen LogP contribution in [0.2, 0.25) is 5.02 Å². The van der Waals surface area contributed by atoms with Crippen LogP contribution in [0, 0.1) is 6.92 Å². The Morgan fingerprint density at radius 1 is 1.03 bits per heavy atom. The molecule has 0 bridgehead atoms. The maximum Gasteiger partial charge on any atom is 0.328 e. The van der Waals surface area contributed by atoms with Gasteiger partial charge in [-0.15, -0.1) is 0 Å². The minimum absolute atomic E-state index is 0.395. The number of halogens is 1. The summed E-state index contributed by atoms with van der Waals surface area (Å²) in [5.74, 6) is -1.24. The zero-order chi connectivity index (χ0) is 23.3. The van der Waals surface area contributed by atoms with Crippen molar-refractivity contribution < 1.29 is 24.5 Å². The number of aromatic nitrogens is 3. The van der Waals surface area contributed by atoms with Crippen molar-refractivity contribution in [2.45, 2.75) is 32.6 Å². The SMILES string of the molecule is Cc1nc(OCCCN2CCCCC2)nc(-c2ccc(Cl)cc2)n1.O=C(O)/C=C\C(=O)O. The van der Waals surface area contributed by atoms with E-state index in [1.807, 2.05) is 31.2 Å². The van der Waals surface area contributed by atoms with Gasteiger partial charge in [-0.05, 0) is 63.5 Å². The smallest absolute Gasteiger partial charge is 0.328 e. The van der Waals surface area contributed by atoms with E-state index in [1.165, 1.54) is 32.4 Å². The Hall–Kier alpha value is -3.04. The van der Waals surface area contributed by atoms with E-state index in [0.717, 1.165) is 18.5 Å². The number of carboxylic acid groups (broad SMARTS) is 2. The quantitative estimate of drug-likeness (QED) is 0.447. The summed E-state index contributed by atoms with van der Waals surface area (Å²) in [6.45, 7) is 5.98. The van der Waals surface area contributed by atoms with Crippen molar-refractivity contribution in [1.82, 2.24) is 19.9 Å². The fraction of sp³-hybridized carbons (Fsp3) is 0.409. The van der Waals surface area contributed by atoms with Crippen molar-refractivity contribution >= 4 is 23.5 Å². The van der Waals surface area contributed by atoms with Gasteiger partial charge in [0.1, 0.15) is 5.82 Å². The number of ether oxygens (including phenoxy) is 1. The first kappa shape index (κ1) is 25.2. The van der Waals surface area contributed by atoms with Gasteiger partial charge in [-0.25, -0.2) is 14.6 Å². The van der Waals surface area contributed by atoms with E-state index in [9.17, 15) is 9.59 Å². The monoisotopic (exact) mass is 462 g/mol. The molecule has 0 amide bonds. The fourth-order valence-electron chi connectivity index (χ4n) is 3.03. The van der Waals surface area contributed by atoms with Crippen LogP contribution in [0.4, 0.5) is 0 Å². The molecule has 9 nitrogen and oxygen atoms in total. The standard InChI is InChI=1S/C18H23ClN4O.C4H4O4/c1-14-20-17(15-6-8-16(19)9-7-15)22-18(21-14)24-13-5-12-23-10-3-2-4-11-23;5-3(6)1-2-4(7)8/h6-9H,2-5,10-13H2,1H3;1-2H,(H,5,6)(H,7,8)/b;2-1-.